The molecule has 0 spiro atoms. The molecular weight excluding hydrogens is 358 g/mol. The second kappa shape index (κ2) is 7.04. The number of halogens is 1. The summed E-state index contributed by atoms with van der Waals surface area (Å²) >= 11 is 3.42. The molecule has 0 aliphatic carbocycles. The maximum Gasteiger partial charge on any atom is 0.265 e. The van der Waals surface area contributed by atoms with Crippen LogP contribution in [0, 0.1) is 0 Å². The molecule has 1 amide bonds. The highest BCUT2D eigenvalue weighted by molar-refractivity contribution is 9.10. The Morgan fingerprint density at radius 2 is 1.91 bits per heavy atom. The maximum atomic E-state index is 12.5. The number of carbonyl (C=O) groups is 1. The second-order valence-corrected chi connectivity index (χ2v) is 6.30. The molecule has 5 heteroatoms. The molecule has 0 aromatic heterocycles. The molecule has 3 rings (SSSR count). The SMILES string of the molecule is CC[C@@H](NC(=O)[C@H]1COc2ccccc2O1)c1ccc(Br)cc1. The first-order valence-corrected chi connectivity index (χ1v) is 8.41. The summed E-state index contributed by atoms with van der Waals surface area (Å²) in [6.45, 7) is 2.26. The van der Waals surface area contributed by atoms with Crippen LogP contribution in [0.5, 0.6) is 11.5 Å². The highest BCUT2D eigenvalue weighted by atomic mass is 79.9. The molecule has 0 saturated heterocycles. The van der Waals surface area contributed by atoms with Crippen LogP contribution in [0.1, 0.15) is 24.9 Å². The lowest BCUT2D eigenvalue weighted by atomic mass is 10.0. The summed E-state index contributed by atoms with van der Waals surface area (Å²) in [7, 11) is 0. The van der Waals surface area contributed by atoms with Gasteiger partial charge in [-0.1, -0.05) is 47.1 Å². The lowest BCUT2D eigenvalue weighted by molar-refractivity contribution is -0.131. The Morgan fingerprint density at radius 3 is 2.61 bits per heavy atom. The summed E-state index contributed by atoms with van der Waals surface area (Å²) in [4.78, 5) is 12.5. The van der Waals surface area contributed by atoms with Crippen LogP contribution in [0.25, 0.3) is 0 Å². The predicted octanol–water partition coefficient (Wildman–Crippen LogP) is 3.86. The van der Waals surface area contributed by atoms with E-state index in [0.29, 0.717) is 11.5 Å². The molecule has 1 heterocycles. The Bertz CT molecular complexity index is 687. The summed E-state index contributed by atoms with van der Waals surface area (Å²) in [5, 5.41) is 3.04. The number of fused-ring (bicyclic) bond motifs is 1. The molecule has 1 N–H and O–H groups in total. The normalized spacial score (nSPS) is 17.4. The Kier molecular flexibility index (Phi) is 4.86. The van der Waals surface area contributed by atoms with Crippen molar-refractivity contribution in [1.29, 1.82) is 0 Å². The molecule has 1 aliphatic rings. The average molecular weight is 376 g/mol. The number of nitrogens with one attached hydrogen (secondary N) is 1. The van der Waals surface area contributed by atoms with E-state index in [1.54, 1.807) is 6.07 Å². The van der Waals surface area contributed by atoms with E-state index in [1.807, 2.05) is 49.4 Å². The fourth-order valence-corrected chi connectivity index (χ4v) is 2.79. The van der Waals surface area contributed by atoms with Crippen molar-refractivity contribution in [2.45, 2.75) is 25.5 Å². The van der Waals surface area contributed by atoms with E-state index in [-0.39, 0.29) is 18.6 Å². The number of ether oxygens (including phenoxy) is 2. The summed E-state index contributed by atoms with van der Waals surface area (Å²) in [6, 6.07) is 15.3. The van der Waals surface area contributed by atoms with Gasteiger partial charge in [0, 0.05) is 4.47 Å². The van der Waals surface area contributed by atoms with Gasteiger partial charge in [-0.25, -0.2) is 0 Å². The maximum absolute atomic E-state index is 12.5. The minimum atomic E-state index is -0.630. The zero-order valence-electron chi connectivity index (χ0n) is 12.8. The van der Waals surface area contributed by atoms with E-state index >= 15 is 0 Å². The van der Waals surface area contributed by atoms with Crippen molar-refractivity contribution >= 4 is 21.8 Å². The van der Waals surface area contributed by atoms with Gasteiger partial charge in [0.25, 0.3) is 5.91 Å². The highest BCUT2D eigenvalue weighted by Crippen LogP contribution is 2.31. The lowest BCUT2D eigenvalue weighted by Crippen LogP contribution is -2.45. The number of hydrogen-bond acceptors (Lipinski definition) is 3. The van der Waals surface area contributed by atoms with Crippen molar-refractivity contribution in [2.75, 3.05) is 6.61 Å². The zero-order chi connectivity index (χ0) is 16.2. The van der Waals surface area contributed by atoms with Crippen LogP contribution in [0.4, 0.5) is 0 Å². The Hall–Kier alpha value is -2.01. The quantitative estimate of drug-likeness (QED) is 0.882. The van der Waals surface area contributed by atoms with E-state index in [0.717, 1.165) is 16.5 Å². The van der Waals surface area contributed by atoms with Crippen LogP contribution in [-0.2, 0) is 4.79 Å². The Morgan fingerprint density at radius 1 is 1.22 bits per heavy atom. The first-order valence-electron chi connectivity index (χ1n) is 7.61. The third-order valence-electron chi connectivity index (χ3n) is 3.80. The van der Waals surface area contributed by atoms with Crippen molar-refractivity contribution < 1.29 is 14.3 Å². The van der Waals surface area contributed by atoms with Crippen LogP contribution in [0.3, 0.4) is 0 Å². The third kappa shape index (κ3) is 3.67. The summed E-state index contributed by atoms with van der Waals surface area (Å²) in [5.74, 6) is 1.13. The summed E-state index contributed by atoms with van der Waals surface area (Å²) < 4.78 is 12.4. The van der Waals surface area contributed by atoms with E-state index in [4.69, 9.17) is 9.47 Å². The van der Waals surface area contributed by atoms with Gasteiger partial charge in [0.2, 0.25) is 6.10 Å². The molecule has 0 saturated carbocycles. The van der Waals surface area contributed by atoms with Gasteiger partial charge in [0.05, 0.1) is 6.04 Å². The van der Waals surface area contributed by atoms with E-state index in [9.17, 15) is 4.79 Å². The van der Waals surface area contributed by atoms with Gasteiger partial charge in [-0.2, -0.15) is 0 Å². The van der Waals surface area contributed by atoms with Gasteiger partial charge in [-0.05, 0) is 36.2 Å². The predicted molar refractivity (Wildman–Crippen MR) is 91.7 cm³/mol. The van der Waals surface area contributed by atoms with Crippen molar-refractivity contribution in [3.05, 3.63) is 58.6 Å². The first kappa shape index (κ1) is 15.9. The number of amides is 1. The molecule has 2 atom stereocenters. The molecule has 120 valence electrons. The van der Waals surface area contributed by atoms with E-state index < -0.39 is 6.10 Å². The zero-order valence-corrected chi connectivity index (χ0v) is 14.4. The molecule has 4 nitrogen and oxygen atoms in total. The Balaban J connectivity index is 1.67. The minimum absolute atomic E-state index is 0.0450. The van der Waals surface area contributed by atoms with Crippen molar-refractivity contribution in [3.8, 4) is 11.5 Å². The molecule has 0 radical (unpaired) electrons. The number of carbonyl (C=O) groups excluding carboxylic acids is 1. The van der Waals surface area contributed by atoms with Crippen LogP contribution in [0.15, 0.2) is 53.0 Å². The Labute approximate surface area is 143 Å². The first-order chi connectivity index (χ1) is 11.2. The molecule has 0 unspecified atom stereocenters. The number of para-hydroxylation sites is 2. The van der Waals surface area contributed by atoms with Crippen LogP contribution in [0.2, 0.25) is 0 Å². The fraction of sp³-hybridized carbons (Fsp3) is 0.278. The molecule has 0 bridgehead atoms. The standard InChI is InChI=1S/C18H18BrNO3/c1-2-14(12-7-9-13(19)10-8-12)20-18(21)17-11-22-15-5-3-4-6-16(15)23-17/h3-10,14,17H,2,11H2,1H3,(H,20,21)/t14-,17-/m1/s1. The van der Waals surface area contributed by atoms with Gasteiger partial charge < -0.3 is 14.8 Å². The average Bonchev–Trinajstić information content (AvgIpc) is 2.60. The van der Waals surface area contributed by atoms with Gasteiger partial charge in [0.15, 0.2) is 11.5 Å². The molecule has 0 fully saturated rings. The third-order valence-corrected chi connectivity index (χ3v) is 4.33. The molecule has 23 heavy (non-hydrogen) atoms. The minimum Gasteiger partial charge on any atom is -0.485 e. The van der Waals surface area contributed by atoms with E-state index in [1.165, 1.54) is 0 Å². The second-order valence-electron chi connectivity index (χ2n) is 5.39. The summed E-state index contributed by atoms with van der Waals surface area (Å²) in [5.41, 5.74) is 1.07. The van der Waals surface area contributed by atoms with Crippen LogP contribution < -0.4 is 14.8 Å². The molecule has 2 aromatic carbocycles. The van der Waals surface area contributed by atoms with Crippen molar-refractivity contribution in [2.24, 2.45) is 0 Å². The number of rotatable bonds is 4. The van der Waals surface area contributed by atoms with Gasteiger partial charge in [0.1, 0.15) is 6.61 Å². The van der Waals surface area contributed by atoms with Gasteiger partial charge >= 0.3 is 0 Å². The number of benzene rings is 2. The van der Waals surface area contributed by atoms with Gasteiger partial charge in [-0.3, -0.25) is 4.79 Å². The fourth-order valence-electron chi connectivity index (χ4n) is 2.53. The van der Waals surface area contributed by atoms with Crippen LogP contribution in [-0.4, -0.2) is 18.6 Å². The highest BCUT2D eigenvalue weighted by Gasteiger charge is 2.28. The lowest BCUT2D eigenvalue weighted by Gasteiger charge is -2.27. The largest absolute Gasteiger partial charge is 0.485 e. The topological polar surface area (TPSA) is 47.6 Å². The molecule has 1 aliphatic heterocycles. The van der Waals surface area contributed by atoms with Crippen molar-refractivity contribution in [3.63, 3.8) is 0 Å². The van der Waals surface area contributed by atoms with Crippen LogP contribution >= 0.6 is 15.9 Å². The summed E-state index contributed by atoms with van der Waals surface area (Å²) in [6.07, 6.45) is 0.173. The van der Waals surface area contributed by atoms with Gasteiger partial charge in [-0.15, -0.1) is 0 Å². The monoisotopic (exact) mass is 375 g/mol. The molecule has 2 aromatic rings. The van der Waals surface area contributed by atoms with E-state index in [2.05, 4.69) is 21.2 Å². The number of hydrogen-bond donors (Lipinski definition) is 1. The smallest absolute Gasteiger partial charge is 0.265 e. The van der Waals surface area contributed by atoms with Crippen molar-refractivity contribution in [1.82, 2.24) is 5.32 Å². The molecular formula is C18H18BrNO3.